The third kappa shape index (κ3) is 4.03. The molecule has 0 aliphatic heterocycles. The second-order valence-electron chi connectivity index (χ2n) is 8.22. The molecular formula is C26H22O4. The van der Waals surface area contributed by atoms with Crippen molar-refractivity contribution in [2.45, 2.75) is 26.2 Å². The Morgan fingerprint density at radius 3 is 2.23 bits per heavy atom. The monoisotopic (exact) mass is 398 g/mol. The van der Waals surface area contributed by atoms with Gasteiger partial charge in [0.2, 0.25) is 0 Å². The molecule has 0 N–H and O–H groups in total. The van der Waals surface area contributed by atoms with Crippen molar-refractivity contribution in [2.75, 3.05) is 0 Å². The van der Waals surface area contributed by atoms with E-state index in [1.165, 1.54) is 6.07 Å². The molecule has 30 heavy (non-hydrogen) atoms. The van der Waals surface area contributed by atoms with E-state index in [0.717, 1.165) is 22.1 Å². The Kier molecular flexibility index (Phi) is 5.00. The van der Waals surface area contributed by atoms with Crippen molar-refractivity contribution in [2.24, 2.45) is 0 Å². The van der Waals surface area contributed by atoms with Gasteiger partial charge in [-0.2, -0.15) is 0 Å². The van der Waals surface area contributed by atoms with Gasteiger partial charge in [-0.1, -0.05) is 63.2 Å². The molecule has 0 atom stereocenters. The fourth-order valence-corrected chi connectivity index (χ4v) is 3.34. The maximum absolute atomic E-state index is 12.6. The van der Waals surface area contributed by atoms with E-state index in [0.29, 0.717) is 16.9 Å². The molecule has 0 fully saturated rings. The van der Waals surface area contributed by atoms with Gasteiger partial charge in [0, 0.05) is 17.5 Å². The van der Waals surface area contributed by atoms with Crippen LogP contribution in [0.3, 0.4) is 0 Å². The molecule has 4 nitrogen and oxygen atoms in total. The average molecular weight is 398 g/mol. The summed E-state index contributed by atoms with van der Waals surface area (Å²) in [6.07, 6.45) is 0. The lowest BCUT2D eigenvalue weighted by Crippen LogP contribution is -2.13. The van der Waals surface area contributed by atoms with E-state index in [4.69, 9.17) is 9.15 Å². The predicted octanol–water partition coefficient (Wildman–Crippen LogP) is 5.98. The molecule has 1 aromatic heterocycles. The van der Waals surface area contributed by atoms with E-state index >= 15 is 0 Å². The number of benzene rings is 3. The highest BCUT2D eigenvalue weighted by atomic mass is 16.5. The molecule has 4 heteroatoms. The largest absolute Gasteiger partial charge is 0.423 e. The normalized spacial score (nSPS) is 11.4. The van der Waals surface area contributed by atoms with Gasteiger partial charge in [0.25, 0.3) is 0 Å². The highest BCUT2D eigenvalue weighted by molar-refractivity contribution is 5.95. The number of rotatable bonds is 3. The summed E-state index contributed by atoms with van der Waals surface area (Å²) in [5, 5.41) is 0.773. The molecule has 0 saturated carbocycles. The third-order valence-corrected chi connectivity index (χ3v) is 5.00. The SMILES string of the molecule is CC(C)(C)c1ccc(C(=O)Oc2ccc3c(-c4ccccc4)cc(=O)oc3c2)cc1. The van der Waals surface area contributed by atoms with E-state index in [1.54, 1.807) is 30.3 Å². The molecule has 4 rings (SSSR count). The Morgan fingerprint density at radius 2 is 1.57 bits per heavy atom. The van der Waals surface area contributed by atoms with Crippen molar-refractivity contribution in [3.63, 3.8) is 0 Å². The summed E-state index contributed by atoms with van der Waals surface area (Å²) in [7, 11) is 0. The average Bonchev–Trinajstić information content (AvgIpc) is 2.73. The zero-order valence-corrected chi connectivity index (χ0v) is 17.1. The Bertz CT molecular complexity index is 1260. The minimum atomic E-state index is -0.462. The van der Waals surface area contributed by atoms with Crippen LogP contribution in [0.2, 0.25) is 0 Å². The van der Waals surface area contributed by atoms with Crippen LogP contribution in [0.15, 0.2) is 88.1 Å². The molecule has 0 spiro atoms. The van der Waals surface area contributed by atoms with Crippen molar-refractivity contribution in [3.8, 4) is 16.9 Å². The van der Waals surface area contributed by atoms with Crippen molar-refractivity contribution >= 4 is 16.9 Å². The van der Waals surface area contributed by atoms with Gasteiger partial charge in [-0.25, -0.2) is 9.59 Å². The second kappa shape index (κ2) is 7.64. The van der Waals surface area contributed by atoms with Crippen LogP contribution in [0.1, 0.15) is 36.7 Å². The van der Waals surface area contributed by atoms with Gasteiger partial charge in [-0.05, 0) is 46.4 Å². The number of hydrogen-bond acceptors (Lipinski definition) is 4. The summed E-state index contributed by atoms with van der Waals surface area (Å²) in [5.41, 5.74) is 3.21. The first-order chi connectivity index (χ1) is 14.3. The number of carbonyl (C=O) groups excluding carboxylic acids is 1. The van der Waals surface area contributed by atoms with Crippen LogP contribution in [0.5, 0.6) is 5.75 Å². The molecule has 3 aromatic carbocycles. The molecule has 4 aromatic rings. The lowest BCUT2D eigenvalue weighted by molar-refractivity contribution is 0.0735. The zero-order chi connectivity index (χ0) is 21.3. The lowest BCUT2D eigenvalue weighted by Gasteiger charge is -2.18. The first-order valence-electron chi connectivity index (χ1n) is 9.77. The van der Waals surface area contributed by atoms with Crippen LogP contribution >= 0.6 is 0 Å². The number of ether oxygens (including phenoxy) is 1. The van der Waals surface area contributed by atoms with Crippen molar-refractivity contribution in [1.29, 1.82) is 0 Å². The third-order valence-electron chi connectivity index (χ3n) is 5.00. The quantitative estimate of drug-likeness (QED) is 0.242. The minimum Gasteiger partial charge on any atom is -0.423 e. The van der Waals surface area contributed by atoms with Crippen LogP contribution in [0.25, 0.3) is 22.1 Å². The summed E-state index contributed by atoms with van der Waals surface area (Å²) in [6.45, 7) is 6.35. The smallest absolute Gasteiger partial charge is 0.343 e. The van der Waals surface area contributed by atoms with Crippen molar-refractivity contribution in [1.82, 2.24) is 0 Å². The minimum absolute atomic E-state index is 0.00871. The van der Waals surface area contributed by atoms with Crippen LogP contribution in [-0.2, 0) is 5.41 Å². The molecule has 150 valence electrons. The van der Waals surface area contributed by atoms with E-state index in [1.807, 2.05) is 42.5 Å². The van der Waals surface area contributed by atoms with E-state index in [-0.39, 0.29) is 5.41 Å². The highest BCUT2D eigenvalue weighted by Gasteiger charge is 2.16. The number of hydrogen-bond donors (Lipinski definition) is 0. The zero-order valence-electron chi connectivity index (χ0n) is 17.1. The number of fused-ring (bicyclic) bond motifs is 1. The molecule has 0 aliphatic rings. The van der Waals surface area contributed by atoms with E-state index in [9.17, 15) is 9.59 Å². The Hall–Kier alpha value is -3.66. The maximum atomic E-state index is 12.6. The predicted molar refractivity (Wildman–Crippen MR) is 118 cm³/mol. The molecule has 0 saturated heterocycles. The fraction of sp³-hybridized carbons (Fsp3) is 0.154. The summed E-state index contributed by atoms with van der Waals surface area (Å²) in [5.74, 6) is -0.142. The van der Waals surface area contributed by atoms with Crippen LogP contribution < -0.4 is 10.4 Å². The van der Waals surface area contributed by atoms with Gasteiger partial charge >= 0.3 is 11.6 Å². The van der Waals surface area contributed by atoms with Crippen LogP contribution in [0.4, 0.5) is 0 Å². The molecule has 0 bridgehead atoms. The Morgan fingerprint density at radius 1 is 0.867 bits per heavy atom. The molecule has 0 amide bonds. The standard InChI is InChI=1S/C26H22O4/c1-26(2,3)19-11-9-18(10-12-19)25(28)29-20-13-14-21-22(17-7-5-4-6-8-17)16-24(27)30-23(21)15-20/h4-16H,1-3H3. The highest BCUT2D eigenvalue weighted by Crippen LogP contribution is 2.30. The van der Waals surface area contributed by atoms with E-state index in [2.05, 4.69) is 20.8 Å². The van der Waals surface area contributed by atoms with Crippen molar-refractivity contribution in [3.05, 3.63) is 100 Å². The topological polar surface area (TPSA) is 56.5 Å². The molecule has 0 radical (unpaired) electrons. The summed E-state index contributed by atoms with van der Waals surface area (Å²) < 4.78 is 10.9. The van der Waals surface area contributed by atoms with Gasteiger partial charge in [0.15, 0.2) is 0 Å². The van der Waals surface area contributed by atoms with Gasteiger partial charge in [0.05, 0.1) is 5.56 Å². The second-order valence-corrected chi connectivity index (χ2v) is 8.22. The molecular weight excluding hydrogens is 376 g/mol. The van der Waals surface area contributed by atoms with Crippen LogP contribution in [-0.4, -0.2) is 5.97 Å². The number of carbonyl (C=O) groups is 1. The van der Waals surface area contributed by atoms with E-state index < -0.39 is 11.6 Å². The first kappa shape index (κ1) is 19.6. The van der Waals surface area contributed by atoms with Crippen molar-refractivity contribution < 1.29 is 13.9 Å². The Balaban J connectivity index is 1.64. The van der Waals surface area contributed by atoms with Gasteiger partial charge in [-0.3, -0.25) is 0 Å². The van der Waals surface area contributed by atoms with Gasteiger partial charge in [-0.15, -0.1) is 0 Å². The summed E-state index contributed by atoms with van der Waals surface area (Å²) in [6, 6.07) is 23.6. The maximum Gasteiger partial charge on any atom is 0.343 e. The first-order valence-corrected chi connectivity index (χ1v) is 9.77. The Labute approximate surface area is 174 Å². The summed E-state index contributed by atoms with van der Waals surface area (Å²) in [4.78, 5) is 24.6. The van der Waals surface area contributed by atoms with Crippen LogP contribution in [0, 0.1) is 0 Å². The van der Waals surface area contributed by atoms with Gasteiger partial charge < -0.3 is 9.15 Å². The molecule has 0 aliphatic carbocycles. The fourth-order valence-electron chi connectivity index (χ4n) is 3.34. The lowest BCUT2D eigenvalue weighted by atomic mass is 9.87. The molecule has 1 heterocycles. The number of esters is 1. The summed E-state index contributed by atoms with van der Waals surface area (Å²) >= 11 is 0. The van der Waals surface area contributed by atoms with Gasteiger partial charge in [0.1, 0.15) is 11.3 Å². The molecule has 0 unspecified atom stereocenters.